The normalized spacial score (nSPS) is 14.5. The number of phenolic OH excluding ortho intramolecular Hbond substituents is 2. The fraction of sp³-hybridized carbons (Fsp3) is 0.571. The molecule has 3 N–H and O–H groups in total. The van der Waals surface area contributed by atoms with Gasteiger partial charge in [0.25, 0.3) is 0 Å². The summed E-state index contributed by atoms with van der Waals surface area (Å²) in [5.41, 5.74) is 6.12. The van der Waals surface area contributed by atoms with Crippen molar-refractivity contribution in [2.45, 2.75) is 105 Å². The number of allylic oxidation sites excluding steroid dienone is 6. The number of aromatic hydroxyl groups is 2. The predicted molar refractivity (Wildman–Crippen MR) is 133 cm³/mol. The van der Waals surface area contributed by atoms with E-state index < -0.39 is 5.60 Å². The van der Waals surface area contributed by atoms with Gasteiger partial charge < -0.3 is 15.3 Å². The van der Waals surface area contributed by atoms with E-state index >= 15 is 0 Å². The number of hydrogen-bond donors (Lipinski definition) is 3. The van der Waals surface area contributed by atoms with Crippen LogP contribution in [-0.4, -0.2) is 20.9 Å². The van der Waals surface area contributed by atoms with Gasteiger partial charge in [-0.25, -0.2) is 0 Å². The molecule has 174 valence electrons. The van der Waals surface area contributed by atoms with Crippen molar-refractivity contribution < 1.29 is 15.3 Å². The fourth-order valence-corrected chi connectivity index (χ4v) is 3.71. The molecule has 0 spiro atoms. The molecule has 0 aromatic heterocycles. The second-order valence-electron chi connectivity index (χ2n) is 9.65. The fourth-order valence-electron chi connectivity index (χ4n) is 3.71. The van der Waals surface area contributed by atoms with E-state index in [9.17, 15) is 15.3 Å². The molecule has 0 radical (unpaired) electrons. The Hall–Kier alpha value is -2.00. The van der Waals surface area contributed by atoms with Crippen LogP contribution in [0, 0.1) is 13.8 Å². The van der Waals surface area contributed by atoms with Crippen LogP contribution in [0.5, 0.6) is 11.5 Å². The molecule has 31 heavy (non-hydrogen) atoms. The number of phenols is 2. The molecular formula is C28H44O3. The molecular weight excluding hydrogens is 384 g/mol. The van der Waals surface area contributed by atoms with Gasteiger partial charge in [0.2, 0.25) is 0 Å². The molecule has 0 saturated heterocycles. The molecule has 1 atom stereocenters. The van der Waals surface area contributed by atoms with E-state index in [-0.39, 0.29) is 11.5 Å². The lowest BCUT2D eigenvalue weighted by Gasteiger charge is -2.23. The topological polar surface area (TPSA) is 60.7 Å². The van der Waals surface area contributed by atoms with Crippen molar-refractivity contribution in [3.63, 3.8) is 0 Å². The SMILES string of the molecule is CC(C)=CCC/C(C)=C/CC/C(C)=C/CCC(C)(O)CCc1cc(O)c(O)c(C)c1C. The van der Waals surface area contributed by atoms with Gasteiger partial charge in [-0.1, -0.05) is 34.9 Å². The third-order valence-corrected chi connectivity index (χ3v) is 6.18. The minimum absolute atomic E-state index is 0.0495. The van der Waals surface area contributed by atoms with Gasteiger partial charge in [-0.2, -0.15) is 0 Å². The first-order chi connectivity index (χ1) is 14.4. The van der Waals surface area contributed by atoms with Gasteiger partial charge in [0, 0.05) is 0 Å². The molecule has 0 aliphatic rings. The van der Waals surface area contributed by atoms with E-state index in [4.69, 9.17) is 0 Å². The second kappa shape index (κ2) is 12.8. The molecule has 3 heteroatoms. The number of aliphatic hydroxyl groups is 1. The minimum Gasteiger partial charge on any atom is -0.504 e. The van der Waals surface area contributed by atoms with Gasteiger partial charge in [-0.05, 0) is 123 Å². The van der Waals surface area contributed by atoms with Crippen LogP contribution in [0.1, 0.15) is 96.3 Å². The van der Waals surface area contributed by atoms with Gasteiger partial charge in [0.1, 0.15) is 0 Å². The van der Waals surface area contributed by atoms with Crippen molar-refractivity contribution in [3.8, 4) is 11.5 Å². The third-order valence-electron chi connectivity index (χ3n) is 6.18. The van der Waals surface area contributed by atoms with Gasteiger partial charge in [0.05, 0.1) is 5.60 Å². The highest BCUT2D eigenvalue weighted by atomic mass is 16.3. The summed E-state index contributed by atoms with van der Waals surface area (Å²) in [4.78, 5) is 0. The van der Waals surface area contributed by atoms with Crippen LogP contribution in [0.3, 0.4) is 0 Å². The maximum absolute atomic E-state index is 10.8. The van der Waals surface area contributed by atoms with Crippen LogP contribution in [0.4, 0.5) is 0 Å². The molecule has 0 aliphatic heterocycles. The lowest BCUT2D eigenvalue weighted by Crippen LogP contribution is -2.24. The zero-order valence-electron chi connectivity index (χ0n) is 20.8. The summed E-state index contributed by atoms with van der Waals surface area (Å²) in [6.45, 7) is 14.3. The van der Waals surface area contributed by atoms with Crippen LogP contribution in [0.2, 0.25) is 0 Å². The molecule has 0 saturated carbocycles. The highest BCUT2D eigenvalue weighted by Crippen LogP contribution is 2.34. The summed E-state index contributed by atoms with van der Waals surface area (Å²) in [6.07, 6.45) is 14.2. The van der Waals surface area contributed by atoms with E-state index in [0.717, 1.165) is 43.2 Å². The van der Waals surface area contributed by atoms with Crippen LogP contribution in [0.25, 0.3) is 0 Å². The summed E-state index contributed by atoms with van der Waals surface area (Å²) in [5.74, 6) is -0.135. The predicted octanol–water partition coefficient (Wildman–Crippen LogP) is 7.60. The smallest absolute Gasteiger partial charge is 0.160 e. The first-order valence-electron chi connectivity index (χ1n) is 11.6. The molecule has 1 aromatic rings. The Kier molecular flexibility index (Phi) is 11.1. The van der Waals surface area contributed by atoms with Crippen LogP contribution in [-0.2, 0) is 6.42 Å². The lowest BCUT2D eigenvalue weighted by molar-refractivity contribution is 0.0432. The summed E-state index contributed by atoms with van der Waals surface area (Å²) >= 11 is 0. The summed E-state index contributed by atoms with van der Waals surface area (Å²) in [7, 11) is 0. The maximum atomic E-state index is 10.8. The molecule has 1 aromatic carbocycles. The highest BCUT2D eigenvalue weighted by Gasteiger charge is 2.20. The van der Waals surface area contributed by atoms with Crippen molar-refractivity contribution in [1.82, 2.24) is 0 Å². The summed E-state index contributed by atoms with van der Waals surface area (Å²) in [5, 5.41) is 30.5. The molecule has 1 unspecified atom stereocenters. The Morgan fingerprint density at radius 3 is 1.97 bits per heavy atom. The molecule has 3 nitrogen and oxygen atoms in total. The molecule has 1 rings (SSSR count). The van der Waals surface area contributed by atoms with E-state index in [2.05, 4.69) is 45.9 Å². The van der Waals surface area contributed by atoms with Crippen LogP contribution in [0.15, 0.2) is 41.0 Å². The van der Waals surface area contributed by atoms with Crippen molar-refractivity contribution in [3.05, 3.63) is 57.7 Å². The van der Waals surface area contributed by atoms with E-state index in [1.54, 1.807) is 13.0 Å². The lowest BCUT2D eigenvalue weighted by atomic mass is 9.89. The van der Waals surface area contributed by atoms with E-state index in [1.165, 1.54) is 16.7 Å². The zero-order valence-corrected chi connectivity index (χ0v) is 20.8. The van der Waals surface area contributed by atoms with E-state index in [0.29, 0.717) is 24.8 Å². The van der Waals surface area contributed by atoms with Crippen LogP contribution >= 0.6 is 0 Å². The standard InChI is InChI=1S/C28H44O3/c1-20(2)11-8-12-21(3)13-9-14-22(4)15-10-17-28(7,31)18-16-25-19-26(29)27(30)24(6)23(25)5/h11,13,15,19,29-31H,8-10,12,14,16-18H2,1-7H3/b21-13+,22-15+. The Balaban J connectivity index is 2.46. The monoisotopic (exact) mass is 428 g/mol. The van der Waals surface area contributed by atoms with Crippen molar-refractivity contribution >= 4 is 0 Å². The Morgan fingerprint density at radius 1 is 0.839 bits per heavy atom. The van der Waals surface area contributed by atoms with Gasteiger partial charge in [-0.15, -0.1) is 0 Å². The average molecular weight is 429 g/mol. The third kappa shape index (κ3) is 10.2. The zero-order chi connectivity index (χ0) is 23.6. The largest absolute Gasteiger partial charge is 0.504 e. The van der Waals surface area contributed by atoms with Gasteiger partial charge in [0.15, 0.2) is 11.5 Å². The second-order valence-corrected chi connectivity index (χ2v) is 9.65. The Morgan fingerprint density at radius 2 is 1.39 bits per heavy atom. The maximum Gasteiger partial charge on any atom is 0.160 e. The number of rotatable bonds is 12. The number of hydrogen-bond acceptors (Lipinski definition) is 3. The minimum atomic E-state index is -0.758. The van der Waals surface area contributed by atoms with Crippen molar-refractivity contribution in [2.75, 3.05) is 0 Å². The van der Waals surface area contributed by atoms with Gasteiger partial charge >= 0.3 is 0 Å². The first-order valence-corrected chi connectivity index (χ1v) is 11.6. The van der Waals surface area contributed by atoms with Crippen LogP contribution < -0.4 is 0 Å². The first kappa shape index (κ1) is 27.0. The van der Waals surface area contributed by atoms with Crippen molar-refractivity contribution in [1.29, 1.82) is 0 Å². The summed E-state index contributed by atoms with van der Waals surface area (Å²) in [6, 6.07) is 1.62. The molecule has 0 heterocycles. The quantitative estimate of drug-likeness (QED) is 0.237. The van der Waals surface area contributed by atoms with Gasteiger partial charge in [-0.3, -0.25) is 0 Å². The average Bonchev–Trinajstić information content (AvgIpc) is 2.67. The Labute approximate surface area is 190 Å². The molecule has 0 bridgehead atoms. The molecule has 0 aliphatic carbocycles. The highest BCUT2D eigenvalue weighted by molar-refractivity contribution is 5.51. The molecule has 0 amide bonds. The number of benzene rings is 1. The number of aryl methyl sites for hydroxylation is 1. The van der Waals surface area contributed by atoms with E-state index in [1.807, 2.05) is 13.8 Å². The molecule has 0 fully saturated rings. The summed E-state index contributed by atoms with van der Waals surface area (Å²) < 4.78 is 0. The Bertz CT molecular complexity index is 806. The van der Waals surface area contributed by atoms with Crippen molar-refractivity contribution in [2.24, 2.45) is 0 Å².